The molecule has 0 spiro atoms. The van der Waals surface area contributed by atoms with E-state index in [4.69, 9.17) is 4.74 Å². The molecule has 0 bridgehead atoms. The molecule has 2 unspecified atom stereocenters. The standard InChI is InChI=1S/C15H17NO2/c1-11-6-7-13(18-11)9-16-8-12(10-17)14-4-2-3-5-15(14)16/h2-5,8,10-11,13H,6-7,9H2,1H3. The Labute approximate surface area is 106 Å². The molecule has 1 fully saturated rings. The normalized spacial score (nSPS) is 23.6. The van der Waals surface area contributed by atoms with Crippen LogP contribution in [-0.2, 0) is 11.3 Å². The van der Waals surface area contributed by atoms with Crippen LogP contribution in [0.15, 0.2) is 30.5 Å². The van der Waals surface area contributed by atoms with Crippen molar-refractivity contribution in [3.8, 4) is 0 Å². The van der Waals surface area contributed by atoms with Crippen LogP contribution in [0.2, 0.25) is 0 Å². The summed E-state index contributed by atoms with van der Waals surface area (Å²) in [5.74, 6) is 0. The van der Waals surface area contributed by atoms with Crippen LogP contribution >= 0.6 is 0 Å². The third-order valence-electron chi connectivity index (χ3n) is 3.67. The number of rotatable bonds is 3. The Bertz CT molecular complexity index is 573. The summed E-state index contributed by atoms with van der Waals surface area (Å²) in [6.07, 6.45) is 5.73. The van der Waals surface area contributed by atoms with Gasteiger partial charge in [-0.2, -0.15) is 0 Å². The first kappa shape index (κ1) is 11.5. The minimum Gasteiger partial charge on any atom is -0.373 e. The predicted octanol–water partition coefficient (Wildman–Crippen LogP) is 3.02. The first-order chi connectivity index (χ1) is 8.78. The summed E-state index contributed by atoms with van der Waals surface area (Å²) in [7, 11) is 0. The molecule has 1 aromatic carbocycles. The van der Waals surface area contributed by atoms with E-state index >= 15 is 0 Å². The predicted molar refractivity (Wildman–Crippen MR) is 70.9 cm³/mol. The Hall–Kier alpha value is -1.61. The van der Waals surface area contributed by atoms with Gasteiger partial charge in [0.1, 0.15) is 0 Å². The van der Waals surface area contributed by atoms with Gasteiger partial charge in [0.2, 0.25) is 0 Å². The molecule has 0 amide bonds. The number of hydrogen-bond acceptors (Lipinski definition) is 2. The van der Waals surface area contributed by atoms with E-state index in [0.717, 1.165) is 42.1 Å². The Morgan fingerprint density at radius 3 is 2.94 bits per heavy atom. The molecular weight excluding hydrogens is 226 g/mol. The van der Waals surface area contributed by atoms with Crippen molar-refractivity contribution in [3.05, 3.63) is 36.0 Å². The maximum atomic E-state index is 11.1. The Morgan fingerprint density at radius 1 is 1.39 bits per heavy atom. The fraction of sp³-hybridized carbons (Fsp3) is 0.400. The van der Waals surface area contributed by atoms with E-state index in [9.17, 15) is 4.79 Å². The van der Waals surface area contributed by atoms with Gasteiger partial charge in [0.05, 0.1) is 12.2 Å². The molecule has 3 heteroatoms. The maximum Gasteiger partial charge on any atom is 0.152 e. The number of hydrogen-bond donors (Lipinski definition) is 0. The largest absolute Gasteiger partial charge is 0.373 e. The van der Waals surface area contributed by atoms with E-state index in [2.05, 4.69) is 17.6 Å². The summed E-state index contributed by atoms with van der Waals surface area (Å²) >= 11 is 0. The highest BCUT2D eigenvalue weighted by Gasteiger charge is 2.22. The van der Waals surface area contributed by atoms with Crippen LogP contribution in [-0.4, -0.2) is 23.1 Å². The molecule has 2 atom stereocenters. The summed E-state index contributed by atoms with van der Waals surface area (Å²) < 4.78 is 7.99. The summed E-state index contributed by atoms with van der Waals surface area (Å²) in [4.78, 5) is 11.1. The van der Waals surface area contributed by atoms with Crippen LogP contribution in [0.4, 0.5) is 0 Å². The van der Waals surface area contributed by atoms with Gasteiger partial charge in [-0.15, -0.1) is 0 Å². The zero-order valence-corrected chi connectivity index (χ0v) is 10.5. The van der Waals surface area contributed by atoms with Crippen molar-refractivity contribution in [3.63, 3.8) is 0 Å². The maximum absolute atomic E-state index is 11.1. The molecule has 1 aromatic heterocycles. The van der Waals surface area contributed by atoms with E-state index in [1.54, 1.807) is 0 Å². The lowest BCUT2D eigenvalue weighted by molar-refractivity contribution is 0.0465. The zero-order valence-electron chi connectivity index (χ0n) is 10.5. The molecule has 1 saturated heterocycles. The second-order valence-electron chi connectivity index (χ2n) is 5.02. The monoisotopic (exact) mass is 243 g/mol. The molecule has 0 N–H and O–H groups in total. The average Bonchev–Trinajstić information content (AvgIpc) is 2.95. The Kier molecular flexibility index (Phi) is 2.92. The minimum atomic E-state index is 0.273. The van der Waals surface area contributed by atoms with Crippen molar-refractivity contribution in [1.29, 1.82) is 0 Å². The third kappa shape index (κ3) is 1.95. The van der Waals surface area contributed by atoms with E-state index in [-0.39, 0.29) is 6.10 Å². The number of para-hydroxylation sites is 1. The number of benzene rings is 1. The lowest BCUT2D eigenvalue weighted by Gasteiger charge is -2.13. The molecule has 1 aliphatic rings. The van der Waals surface area contributed by atoms with Gasteiger partial charge in [0.15, 0.2) is 6.29 Å². The minimum absolute atomic E-state index is 0.273. The molecule has 0 saturated carbocycles. The van der Waals surface area contributed by atoms with Crippen molar-refractivity contribution in [1.82, 2.24) is 4.57 Å². The molecule has 94 valence electrons. The van der Waals surface area contributed by atoms with Gasteiger partial charge in [-0.3, -0.25) is 4.79 Å². The van der Waals surface area contributed by atoms with Crippen LogP contribution in [0.5, 0.6) is 0 Å². The summed E-state index contributed by atoms with van der Waals surface area (Å²) in [6, 6.07) is 8.02. The summed E-state index contributed by atoms with van der Waals surface area (Å²) in [6.45, 7) is 2.95. The van der Waals surface area contributed by atoms with Crippen LogP contribution in [0, 0.1) is 0 Å². The van der Waals surface area contributed by atoms with E-state index in [1.165, 1.54) is 0 Å². The molecule has 2 aromatic rings. The van der Waals surface area contributed by atoms with Gasteiger partial charge in [0.25, 0.3) is 0 Å². The highest BCUT2D eigenvalue weighted by Crippen LogP contribution is 2.24. The van der Waals surface area contributed by atoms with Crippen LogP contribution in [0.25, 0.3) is 10.9 Å². The van der Waals surface area contributed by atoms with Gasteiger partial charge < -0.3 is 9.30 Å². The SMILES string of the molecule is CC1CCC(Cn2cc(C=O)c3ccccc32)O1. The highest BCUT2D eigenvalue weighted by molar-refractivity contribution is 5.97. The highest BCUT2D eigenvalue weighted by atomic mass is 16.5. The van der Waals surface area contributed by atoms with Gasteiger partial charge in [-0.1, -0.05) is 18.2 Å². The third-order valence-corrected chi connectivity index (χ3v) is 3.67. The van der Waals surface area contributed by atoms with Gasteiger partial charge in [0, 0.05) is 29.2 Å². The zero-order chi connectivity index (χ0) is 12.5. The Morgan fingerprint density at radius 2 is 2.22 bits per heavy atom. The number of carbonyl (C=O) groups is 1. The van der Waals surface area contributed by atoms with Gasteiger partial charge >= 0.3 is 0 Å². The van der Waals surface area contributed by atoms with Crippen LogP contribution < -0.4 is 0 Å². The van der Waals surface area contributed by atoms with Gasteiger partial charge in [-0.05, 0) is 25.8 Å². The summed E-state index contributed by atoms with van der Waals surface area (Å²) in [5, 5.41) is 1.03. The van der Waals surface area contributed by atoms with Crippen molar-refractivity contribution in [2.45, 2.75) is 38.5 Å². The molecule has 2 heterocycles. The topological polar surface area (TPSA) is 31.2 Å². The fourth-order valence-corrected chi connectivity index (χ4v) is 2.76. The lowest BCUT2D eigenvalue weighted by Crippen LogP contribution is -2.15. The molecule has 0 aliphatic carbocycles. The molecule has 3 nitrogen and oxygen atoms in total. The van der Waals surface area contributed by atoms with E-state index in [0.29, 0.717) is 6.10 Å². The lowest BCUT2D eigenvalue weighted by atomic mass is 10.2. The number of ether oxygens (including phenoxy) is 1. The summed E-state index contributed by atoms with van der Waals surface area (Å²) in [5.41, 5.74) is 1.87. The first-order valence-electron chi connectivity index (χ1n) is 6.46. The second-order valence-corrected chi connectivity index (χ2v) is 5.02. The average molecular weight is 243 g/mol. The number of nitrogens with zero attached hydrogens (tertiary/aromatic N) is 1. The molecule has 18 heavy (non-hydrogen) atoms. The van der Waals surface area contributed by atoms with Crippen LogP contribution in [0.3, 0.4) is 0 Å². The van der Waals surface area contributed by atoms with Crippen molar-refractivity contribution < 1.29 is 9.53 Å². The molecule has 3 rings (SSSR count). The van der Waals surface area contributed by atoms with E-state index in [1.807, 2.05) is 24.4 Å². The van der Waals surface area contributed by atoms with Gasteiger partial charge in [-0.25, -0.2) is 0 Å². The number of aromatic nitrogens is 1. The van der Waals surface area contributed by atoms with Crippen LogP contribution in [0.1, 0.15) is 30.1 Å². The van der Waals surface area contributed by atoms with Crippen molar-refractivity contribution in [2.75, 3.05) is 0 Å². The number of carbonyl (C=O) groups excluding carboxylic acids is 1. The fourth-order valence-electron chi connectivity index (χ4n) is 2.76. The van der Waals surface area contributed by atoms with Crippen molar-refractivity contribution in [2.24, 2.45) is 0 Å². The molecule has 0 radical (unpaired) electrons. The van der Waals surface area contributed by atoms with Crippen molar-refractivity contribution >= 4 is 17.2 Å². The first-order valence-corrected chi connectivity index (χ1v) is 6.46. The number of aldehydes is 1. The second kappa shape index (κ2) is 4.58. The molecule has 1 aliphatic heterocycles. The van der Waals surface area contributed by atoms with E-state index < -0.39 is 0 Å². The quantitative estimate of drug-likeness (QED) is 0.776. The molecular formula is C15H17NO2. The Balaban J connectivity index is 1.94. The number of fused-ring (bicyclic) bond motifs is 1. The smallest absolute Gasteiger partial charge is 0.152 e.